The monoisotopic (exact) mass is 278 g/mol. The van der Waals surface area contributed by atoms with Crippen molar-refractivity contribution in [2.45, 2.75) is 31.8 Å². The van der Waals surface area contributed by atoms with E-state index in [1.165, 1.54) is 45.5 Å². The summed E-state index contributed by atoms with van der Waals surface area (Å²) in [5.41, 5.74) is 1.13. The summed E-state index contributed by atoms with van der Waals surface area (Å²) in [7, 11) is 1.52. The molecule has 1 aromatic rings. The van der Waals surface area contributed by atoms with Crippen LogP contribution in [0.3, 0.4) is 0 Å². The molecule has 3 rings (SSSR count). The van der Waals surface area contributed by atoms with Crippen LogP contribution in [0, 0.1) is 5.82 Å². The Morgan fingerprint density at radius 1 is 1.25 bits per heavy atom. The molecule has 0 saturated carbocycles. The number of benzene rings is 1. The predicted molar refractivity (Wildman–Crippen MR) is 77.4 cm³/mol. The van der Waals surface area contributed by atoms with Crippen LogP contribution in [0.25, 0.3) is 0 Å². The van der Waals surface area contributed by atoms with Crippen LogP contribution in [0.4, 0.5) is 4.39 Å². The van der Waals surface area contributed by atoms with E-state index in [9.17, 15) is 4.39 Å². The van der Waals surface area contributed by atoms with Crippen molar-refractivity contribution in [2.75, 3.05) is 33.3 Å². The first kappa shape index (κ1) is 13.8. The van der Waals surface area contributed by atoms with Crippen LogP contribution in [0.15, 0.2) is 18.2 Å². The van der Waals surface area contributed by atoms with E-state index in [0.29, 0.717) is 5.75 Å². The van der Waals surface area contributed by atoms with Crippen LogP contribution >= 0.6 is 0 Å². The average Bonchev–Trinajstić information content (AvgIpc) is 3.11. The topological polar surface area (TPSA) is 15.7 Å². The molecule has 2 heterocycles. The summed E-state index contributed by atoms with van der Waals surface area (Å²) in [6.07, 6.45) is 3.97. The lowest BCUT2D eigenvalue weighted by Crippen LogP contribution is -2.35. The van der Waals surface area contributed by atoms with Crippen LogP contribution in [0.1, 0.15) is 24.8 Å². The van der Waals surface area contributed by atoms with E-state index in [2.05, 4.69) is 9.80 Å². The molecule has 0 N–H and O–H groups in total. The van der Waals surface area contributed by atoms with E-state index in [0.717, 1.165) is 31.2 Å². The molecular formula is C16H23FN2O. The summed E-state index contributed by atoms with van der Waals surface area (Å²) in [6, 6.07) is 5.90. The maximum absolute atomic E-state index is 13.4. The highest BCUT2D eigenvalue weighted by molar-refractivity contribution is 5.30. The first-order chi connectivity index (χ1) is 9.76. The number of hydrogen-bond acceptors (Lipinski definition) is 3. The zero-order valence-electron chi connectivity index (χ0n) is 12.1. The Hall–Kier alpha value is -1.13. The van der Waals surface area contributed by atoms with Gasteiger partial charge in [0.2, 0.25) is 0 Å². The fraction of sp³-hybridized carbons (Fsp3) is 0.625. The van der Waals surface area contributed by atoms with E-state index in [1.54, 1.807) is 0 Å². The minimum absolute atomic E-state index is 0.285. The Labute approximate surface area is 120 Å². The molecule has 0 aromatic heterocycles. The highest BCUT2D eigenvalue weighted by Crippen LogP contribution is 2.24. The Kier molecular flexibility index (Phi) is 4.22. The van der Waals surface area contributed by atoms with Gasteiger partial charge in [-0.2, -0.15) is 0 Å². The predicted octanol–water partition coefficient (Wildman–Crippen LogP) is 2.50. The van der Waals surface area contributed by atoms with Gasteiger partial charge in [0.15, 0.2) is 11.6 Å². The van der Waals surface area contributed by atoms with Gasteiger partial charge in [-0.05, 0) is 50.0 Å². The highest BCUT2D eigenvalue weighted by Gasteiger charge is 2.29. The molecule has 2 aliphatic heterocycles. The van der Waals surface area contributed by atoms with E-state index in [1.807, 2.05) is 12.1 Å². The number of rotatable bonds is 4. The normalized spacial score (nSPS) is 24.4. The number of halogens is 1. The first-order valence-electron chi connectivity index (χ1n) is 7.55. The highest BCUT2D eigenvalue weighted by atomic mass is 19.1. The summed E-state index contributed by atoms with van der Waals surface area (Å²) >= 11 is 0. The molecule has 0 radical (unpaired) electrons. The number of likely N-dealkylation sites (tertiary alicyclic amines) is 2. The Bertz CT molecular complexity index is 460. The van der Waals surface area contributed by atoms with E-state index in [4.69, 9.17) is 4.74 Å². The van der Waals surface area contributed by atoms with Gasteiger partial charge in [0, 0.05) is 25.7 Å². The van der Waals surface area contributed by atoms with Crippen molar-refractivity contribution in [3.05, 3.63) is 29.6 Å². The molecular weight excluding hydrogens is 255 g/mol. The van der Waals surface area contributed by atoms with Crippen LogP contribution in [0.5, 0.6) is 5.75 Å². The molecule has 1 atom stereocenters. The minimum atomic E-state index is -0.285. The van der Waals surface area contributed by atoms with Crippen LogP contribution in [0.2, 0.25) is 0 Å². The van der Waals surface area contributed by atoms with Gasteiger partial charge in [-0.25, -0.2) is 4.39 Å². The minimum Gasteiger partial charge on any atom is -0.494 e. The molecule has 0 amide bonds. The molecule has 3 nitrogen and oxygen atoms in total. The second-order valence-electron chi connectivity index (χ2n) is 5.89. The average molecular weight is 278 g/mol. The van der Waals surface area contributed by atoms with Crippen molar-refractivity contribution in [1.82, 2.24) is 9.80 Å². The standard InChI is InChI=1S/C16H23FN2O/c1-20-16-10-13(4-5-15(16)17)11-18-9-6-14(12-18)19-7-2-3-8-19/h4-5,10,14H,2-3,6-9,11-12H2,1H3. The van der Waals surface area contributed by atoms with Gasteiger partial charge >= 0.3 is 0 Å². The van der Waals surface area contributed by atoms with Crippen molar-refractivity contribution in [3.63, 3.8) is 0 Å². The summed E-state index contributed by atoms with van der Waals surface area (Å²) < 4.78 is 18.5. The van der Waals surface area contributed by atoms with Gasteiger partial charge in [-0.1, -0.05) is 6.07 Å². The largest absolute Gasteiger partial charge is 0.494 e. The Morgan fingerprint density at radius 2 is 2.05 bits per heavy atom. The van der Waals surface area contributed by atoms with Crippen LogP contribution in [-0.4, -0.2) is 49.1 Å². The van der Waals surface area contributed by atoms with Crippen molar-refractivity contribution in [3.8, 4) is 5.75 Å². The Balaban J connectivity index is 1.58. The number of hydrogen-bond donors (Lipinski definition) is 0. The van der Waals surface area contributed by atoms with E-state index >= 15 is 0 Å². The second kappa shape index (κ2) is 6.10. The fourth-order valence-corrected chi connectivity index (χ4v) is 3.42. The molecule has 20 heavy (non-hydrogen) atoms. The molecule has 2 fully saturated rings. The summed E-state index contributed by atoms with van der Waals surface area (Å²) in [5, 5.41) is 0. The third-order valence-corrected chi connectivity index (χ3v) is 4.53. The fourth-order valence-electron chi connectivity index (χ4n) is 3.42. The third-order valence-electron chi connectivity index (χ3n) is 4.53. The number of methoxy groups -OCH3 is 1. The van der Waals surface area contributed by atoms with Crippen molar-refractivity contribution >= 4 is 0 Å². The maximum atomic E-state index is 13.4. The molecule has 2 aliphatic rings. The smallest absolute Gasteiger partial charge is 0.165 e. The van der Waals surface area contributed by atoms with Gasteiger partial charge in [-0.3, -0.25) is 9.80 Å². The molecule has 1 aromatic carbocycles. The quantitative estimate of drug-likeness (QED) is 0.841. The van der Waals surface area contributed by atoms with Crippen molar-refractivity contribution < 1.29 is 9.13 Å². The maximum Gasteiger partial charge on any atom is 0.165 e. The zero-order valence-corrected chi connectivity index (χ0v) is 12.1. The van der Waals surface area contributed by atoms with Gasteiger partial charge in [0.1, 0.15) is 0 Å². The first-order valence-corrected chi connectivity index (χ1v) is 7.55. The third kappa shape index (κ3) is 2.96. The van der Waals surface area contributed by atoms with Gasteiger partial charge in [0.05, 0.1) is 7.11 Å². The van der Waals surface area contributed by atoms with Gasteiger partial charge in [0.25, 0.3) is 0 Å². The zero-order chi connectivity index (χ0) is 13.9. The lowest BCUT2D eigenvalue weighted by Gasteiger charge is -2.23. The summed E-state index contributed by atoms with van der Waals surface area (Å²) in [5.74, 6) is 0.0606. The van der Waals surface area contributed by atoms with Gasteiger partial charge in [-0.15, -0.1) is 0 Å². The molecule has 4 heteroatoms. The van der Waals surface area contributed by atoms with Crippen molar-refractivity contribution in [1.29, 1.82) is 0 Å². The summed E-state index contributed by atoms with van der Waals surface area (Å²) in [6.45, 7) is 5.70. The molecule has 0 spiro atoms. The SMILES string of the molecule is COc1cc(CN2CCC(N3CCCC3)C2)ccc1F. The lowest BCUT2D eigenvalue weighted by molar-refractivity contribution is 0.229. The van der Waals surface area contributed by atoms with Crippen LogP contribution < -0.4 is 4.74 Å². The van der Waals surface area contributed by atoms with E-state index < -0.39 is 0 Å². The second-order valence-corrected chi connectivity index (χ2v) is 5.89. The summed E-state index contributed by atoms with van der Waals surface area (Å²) in [4.78, 5) is 5.10. The molecule has 0 aliphatic carbocycles. The molecule has 2 saturated heterocycles. The number of nitrogens with zero attached hydrogens (tertiary/aromatic N) is 2. The molecule has 0 bridgehead atoms. The molecule has 1 unspecified atom stereocenters. The van der Waals surface area contributed by atoms with Crippen molar-refractivity contribution in [2.24, 2.45) is 0 Å². The Morgan fingerprint density at radius 3 is 2.80 bits per heavy atom. The number of ether oxygens (including phenoxy) is 1. The van der Waals surface area contributed by atoms with E-state index in [-0.39, 0.29) is 5.82 Å². The van der Waals surface area contributed by atoms with Gasteiger partial charge < -0.3 is 4.74 Å². The van der Waals surface area contributed by atoms with Crippen LogP contribution in [-0.2, 0) is 6.54 Å². The molecule has 110 valence electrons. The lowest BCUT2D eigenvalue weighted by atomic mass is 10.2.